The Morgan fingerprint density at radius 1 is 0.652 bits per heavy atom. The monoisotopic (exact) mass is 303 g/mol. The van der Waals surface area contributed by atoms with E-state index in [0.717, 1.165) is 17.1 Å². The fraction of sp³-hybridized carbons (Fsp3) is 0.143. The third kappa shape index (κ3) is 3.37. The maximum Gasteiger partial charge on any atom is 0.119 e. The molecule has 0 unspecified atom stereocenters. The normalized spacial score (nSPS) is 10.4. The molecule has 0 aliphatic carbocycles. The highest BCUT2D eigenvalue weighted by Crippen LogP contribution is 2.28. The topological polar surface area (TPSA) is 12.5 Å². The molecule has 2 heteroatoms. The van der Waals surface area contributed by atoms with Crippen LogP contribution in [-0.2, 0) is 0 Å². The lowest BCUT2D eigenvalue weighted by Gasteiger charge is -2.20. The highest BCUT2D eigenvalue weighted by molar-refractivity contribution is 5.69. The number of nitrogens with zero attached hydrogens (tertiary/aromatic N) is 1. The summed E-state index contributed by atoms with van der Waals surface area (Å²) in [5.74, 6) is 0.872. The maximum absolute atomic E-state index is 5.21. The lowest BCUT2D eigenvalue weighted by Crippen LogP contribution is -2.08. The predicted molar refractivity (Wildman–Crippen MR) is 97.7 cm³/mol. The van der Waals surface area contributed by atoms with E-state index in [1.165, 1.54) is 16.7 Å². The Labute approximate surface area is 138 Å². The first-order valence-corrected chi connectivity index (χ1v) is 7.72. The fourth-order valence-electron chi connectivity index (χ4n) is 2.58. The minimum absolute atomic E-state index is 0.872. The van der Waals surface area contributed by atoms with E-state index >= 15 is 0 Å². The van der Waals surface area contributed by atoms with Crippen LogP contribution >= 0.6 is 0 Å². The summed E-state index contributed by atoms with van der Waals surface area (Å²) >= 11 is 0. The number of benzene rings is 3. The standard InChI is InChI=1S/C21H21NO/c1-16-4-6-17(7-5-16)18-8-10-19(11-9-18)22(2)20-12-14-21(23-3)15-13-20/h4-15H,1-3H3. The second-order valence-corrected chi connectivity index (χ2v) is 5.67. The molecule has 0 radical (unpaired) electrons. The van der Waals surface area contributed by atoms with Crippen LogP contribution in [0.25, 0.3) is 11.1 Å². The Kier molecular flexibility index (Phi) is 4.33. The summed E-state index contributed by atoms with van der Waals surface area (Å²) in [6, 6.07) is 25.3. The van der Waals surface area contributed by atoms with Gasteiger partial charge in [0.05, 0.1) is 7.11 Å². The van der Waals surface area contributed by atoms with Crippen LogP contribution in [-0.4, -0.2) is 14.2 Å². The van der Waals surface area contributed by atoms with Crippen LogP contribution in [0, 0.1) is 6.92 Å². The van der Waals surface area contributed by atoms with Gasteiger partial charge in [0.1, 0.15) is 5.75 Å². The fourth-order valence-corrected chi connectivity index (χ4v) is 2.58. The van der Waals surface area contributed by atoms with E-state index in [9.17, 15) is 0 Å². The largest absolute Gasteiger partial charge is 0.497 e. The van der Waals surface area contributed by atoms with Crippen molar-refractivity contribution in [1.82, 2.24) is 0 Å². The molecule has 0 saturated carbocycles. The predicted octanol–water partition coefficient (Wildman–Crippen LogP) is 5.44. The van der Waals surface area contributed by atoms with Gasteiger partial charge in [0, 0.05) is 18.4 Å². The van der Waals surface area contributed by atoms with Gasteiger partial charge >= 0.3 is 0 Å². The van der Waals surface area contributed by atoms with Gasteiger partial charge in [0.15, 0.2) is 0 Å². The van der Waals surface area contributed by atoms with E-state index in [0.29, 0.717) is 0 Å². The van der Waals surface area contributed by atoms with Crippen LogP contribution in [0.3, 0.4) is 0 Å². The second kappa shape index (κ2) is 6.57. The molecule has 0 aliphatic rings. The van der Waals surface area contributed by atoms with Crippen molar-refractivity contribution >= 4 is 11.4 Å². The quantitative estimate of drug-likeness (QED) is 0.636. The van der Waals surface area contributed by atoms with Crippen LogP contribution < -0.4 is 9.64 Å². The molecule has 0 aromatic heterocycles. The van der Waals surface area contributed by atoms with Crippen molar-refractivity contribution in [3.05, 3.63) is 78.4 Å². The Hall–Kier alpha value is -2.74. The van der Waals surface area contributed by atoms with Gasteiger partial charge < -0.3 is 9.64 Å². The molecule has 0 fully saturated rings. The van der Waals surface area contributed by atoms with Crippen molar-refractivity contribution in [2.45, 2.75) is 6.92 Å². The Bertz CT molecular complexity index is 758. The molecular formula is C21H21NO. The summed E-state index contributed by atoms with van der Waals surface area (Å²) < 4.78 is 5.21. The summed E-state index contributed by atoms with van der Waals surface area (Å²) in [6.07, 6.45) is 0. The van der Waals surface area contributed by atoms with E-state index in [-0.39, 0.29) is 0 Å². The molecule has 23 heavy (non-hydrogen) atoms. The minimum Gasteiger partial charge on any atom is -0.497 e. The zero-order valence-corrected chi connectivity index (χ0v) is 13.8. The summed E-state index contributed by atoms with van der Waals surface area (Å²) in [6.45, 7) is 2.11. The van der Waals surface area contributed by atoms with Gasteiger partial charge in [-0.1, -0.05) is 42.0 Å². The summed E-state index contributed by atoms with van der Waals surface area (Å²) in [5, 5.41) is 0. The maximum atomic E-state index is 5.21. The average molecular weight is 303 g/mol. The van der Waals surface area contributed by atoms with E-state index < -0.39 is 0 Å². The van der Waals surface area contributed by atoms with Crippen LogP contribution in [0.1, 0.15) is 5.56 Å². The molecule has 0 atom stereocenters. The highest BCUT2D eigenvalue weighted by Gasteiger charge is 2.05. The number of hydrogen-bond acceptors (Lipinski definition) is 2. The Morgan fingerprint density at radius 2 is 1.09 bits per heavy atom. The average Bonchev–Trinajstić information content (AvgIpc) is 2.62. The zero-order chi connectivity index (χ0) is 16.2. The number of anilines is 2. The summed E-state index contributed by atoms with van der Waals surface area (Å²) in [5.41, 5.74) is 6.05. The van der Waals surface area contributed by atoms with E-state index in [1.54, 1.807) is 7.11 Å². The summed E-state index contributed by atoms with van der Waals surface area (Å²) in [7, 11) is 3.76. The first-order valence-electron chi connectivity index (χ1n) is 7.72. The van der Waals surface area contributed by atoms with Crippen molar-refractivity contribution in [2.75, 3.05) is 19.1 Å². The summed E-state index contributed by atoms with van der Waals surface area (Å²) in [4.78, 5) is 2.17. The van der Waals surface area contributed by atoms with E-state index in [1.807, 2.05) is 12.1 Å². The number of hydrogen-bond donors (Lipinski definition) is 0. The molecule has 0 aliphatic heterocycles. The number of rotatable bonds is 4. The van der Waals surface area contributed by atoms with Crippen molar-refractivity contribution in [2.24, 2.45) is 0 Å². The number of ether oxygens (including phenoxy) is 1. The van der Waals surface area contributed by atoms with Crippen LogP contribution in [0.5, 0.6) is 5.75 Å². The lowest BCUT2D eigenvalue weighted by molar-refractivity contribution is 0.415. The molecule has 0 N–H and O–H groups in total. The molecule has 0 spiro atoms. The van der Waals surface area contributed by atoms with Gasteiger partial charge in [-0.3, -0.25) is 0 Å². The molecule has 116 valence electrons. The molecule has 3 aromatic rings. The molecule has 0 heterocycles. The third-order valence-electron chi connectivity index (χ3n) is 4.10. The first-order chi connectivity index (χ1) is 11.2. The zero-order valence-electron chi connectivity index (χ0n) is 13.8. The minimum atomic E-state index is 0.872. The van der Waals surface area contributed by atoms with Gasteiger partial charge in [-0.2, -0.15) is 0 Å². The lowest BCUT2D eigenvalue weighted by atomic mass is 10.0. The Balaban J connectivity index is 1.81. The van der Waals surface area contributed by atoms with Gasteiger partial charge in [-0.25, -0.2) is 0 Å². The number of methoxy groups -OCH3 is 1. The highest BCUT2D eigenvalue weighted by atomic mass is 16.5. The van der Waals surface area contributed by atoms with Crippen LogP contribution in [0.15, 0.2) is 72.8 Å². The van der Waals surface area contributed by atoms with E-state index in [2.05, 4.69) is 79.5 Å². The smallest absolute Gasteiger partial charge is 0.119 e. The van der Waals surface area contributed by atoms with Crippen molar-refractivity contribution < 1.29 is 4.74 Å². The Morgan fingerprint density at radius 3 is 1.57 bits per heavy atom. The molecule has 3 aromatic carbocycles. The molecule has 0 amide bonds. The second-order valence-electron chi connectivity index (χ2n) is 5.67. The van der Waals surface area contributed by atoms with Crippen LogP contribution in [0.4, 0.5) is 11.4 Å². The molecule has 0 saturated heterocycles. The first kappa shape index (κ1) is 15.2. The van der Waals surface area contributed by atoms with Crippen molar-refractivity contribution in [3.8, 4) is 16.9 Å². The number of aryl methyl sites for hydroxylation is 1. The van der Waals surface area contributed by atoms with Crippen molar-refractivity contribution in [1.29, 1.82) is 0 Å². The third-order valence-corrected chi connectivity index (χ3v) is 4.10. The molecule has 0 bridgehead atoms. The SMILES string of the molecule is COc1ccc(N(C)c2ccc(-c3ccc(C)cc3)cc2)cc1. The van der Waals surface area contributed by atoms with E-state index in [4.69, 9.17) is 4.74 Å². The van der Waals surface area contributed by atoms with Gasteiger partial charge in [0.25, 0.3) is 0 Å². The van der Waals surface area contributed by atoms with Crippen molar-refractivity contribution in [3.63, 3.8) is 0 Å². The molecule has 3 rings (SSSR count). The molecular weight excluding hydrogens is 282 g/mol. The van der Waals surface area contributed by atoms with Gasteiger partial charge in [-0.05, 0) is 54.4 Å². The molecule has 2 nitrogen and oxygen atoms in total. The van der Waals surface area contributed by atoms with Gasteiger partial charge in [0.2, 0.25) is 0 Å². The van der Waals surface area contributed by atoms with Crippen LogP contribution in [0.2, 0.25) is 0 Å². The van der Waals surface area contributed by atoms with Gasteiger partial charge in [-0.15, -0.1) is 0 Å².